The van der Waals surface area contributed by atoms with Crippen LogP contribution in [-0.4, -0.2) is 11.7 Å². The summed E-state index contributed by atoms with van der Waals surface area (Å²) in [7, 11) is 0. The van der Waals surface area contributed by atoms with E-state index in [-0.39, 0.29) is 0 Å². The van der Waals surface area contributed by atoms with Crippen molar-refractivity contribution < 1.29 is 5.11 Å². The van der Waals surface area contributed by atoms with E-state index in [1.807, 2.05) is 0 Å². The first-order valence-electron chi connectivity index (χ1n) is 9.94. The zero-order valence-electron chi connectivity index (χ0n) is 14.7. The van der Waals surface area contributed by atoms with E-state index in [0.29, 0.717) is 6.61 Å². The molecule has 0 radical (unpaired) electrons. The van der Waals surface area contributed by atoms with Gasteiger partial charge in [0.15, 0.2) is 0 Å². The first-order chi connectivity index (χ1) is 10.3. The van der Waals surface area contributed by atoms with E-state index in [2.05, 4.69) is 6.92 Å². The van der Waals surface area contributed by atoms with Gasteiger partial charge in [0, 0.05) is 6.61 Å². The number of unbranched alkanes of at least 4 members (excludes halogenated alkanes) is 11. The van der Waals surface area contributed by atoms with Crippen molar-refractivity contribution in [3.8, 4) is 0 Å². The summed E-state index contributed by atoms with van der Waals surface area (Å²) < 4.78 is 0. The van der Waals surface area contributed by atoms with Crippen LogP contribution in [-0.2, 0) is 0 Å². The number of aliphatic hydroxyl groups is 1. The molecule has 0 heterocycles. The minimum absolute atomic E-state index is 0.383. The predicted octanol–water partition coefficient (Wildman–Crippen LogP) is 6.63. The van der Waals surface area contributed by atoms with Crippen molar-refractivity contribution in [2.75, 3.05) is 6.61 Å². The van der Waals surface area contributed by atoms with Gasteiger partial charge in [0.2, 0.25) is 0 Å². The molecule has 1 fully saturated rings. The summed E-state index contributed by atoms with van der Waals surface area (Å²) in [4.78, 5) is 0. The zero-order chi connectivity index (χ0) is 15.2. The minimum Gasteiger partial charge on any atom is -0.396 e. The third-order valence-electron chi connectivity index (χ3n) is 5.38. The molecule has 1 heteroatoms. The summed E-state index contributed by atoms with van der Waals surface area (Å²) in [6.45, 7) is 2.67. The maximum absolute atomic E-state index is 8.86. The number of aliphatic hydroxyl groups excluding tert-OH is 1. The smallest absolute Gasteiger partial charge is 0.0431 e. The van der Waals surface area contributed by atoms with Crippen LogP contribution in [0.15, 0.2) is 0 Å². The van der Waals surface area contributed by atoms with Crippen LogP contribution < -0.4 is 0 Å². The highest BCUT2D eigenvalue weighted by atomic mass is 16.2. The third-order valence-corrected chi connectivity index (χ3v) is 5.38. The topological polar surface area (TPSA) is 20.2 Å². The fourth-order valence-electron chi connectivity index (χ4n) is 3.58. The summed E-state index contributed by atoms with van der Waals surface area (Å²) in [6, 6.07) is 0. The van der Waals surface area contributed by atoms with Gasteiger partial charge in [-0.2, -0.15) is 0 Å². The molecule has 1 rings (SSSR count). The van der Waals surface area contributed by atoms with Gasteiger partial charge in [-0.3, -0.25) is 0 Å². The molecule has 1 nitrogen and oxygen atoms in total. The van der Waals surface area contributed by atoms with E-state index in [1.165, 1.54) is 103 Å². The van der Waals surface area contributed by atoms with E-state index < -0.39 is 0 Å². The van der Waals surface area contributed by atoms with Crippen LogP contribution in [0.4, 0.5) is 0 Å². The van der Waals surface area contributed by atoms with Crippen molar-refractivity contribution in [1.82, 2.24) is 0 Å². The molecule has 0 aromatic heterocycles. The summed E-state index contributed by atoms with van der Waals surface area (Å²) in [5, 5.41) is 8.86. The Hall–Kier alpha value is -0.0400. The second kappa shape index (κ2) is 12.5. The molecule has 1 aliphatic carbocycles. The van der Waals surface area contributed by atoms with Crippen molar-refractivity contribution in [2.24, 2.45) is 5.41 Å². The first kappa shape index (κ1) is 19.0. The van der Waals surface area contributed by atoms with Crippen molar-refractivity contribution in [3.05, 3.63) is 0 Å². The molecule has 126 valence electrons. The van der Waals surface area contributed by atoms with Crippen molar-refractivity contribution >= 4 is 0 Å². The van der Waals surface area contributed by atoms with E-state index in [9.17, 15) is 0 Å². The fourth-order valence-corrected chi connectivity index (χ4v) is 3.58. The second-order valence-electron chi connectivity index (χ2n) is 7.47. The standard InChI is InChI=1S/C20H40O/c1-2-3-4-5-6-7-8-9-10-11-12-15-20(17-18-20)16-13-14-19-21/h21H,2-19H2,1H3. The van der Waals surface area contributed by atoms with Gasteiger partial charge in [-0.1, -0.05) is 84.0 Å². The molecule has 0 aromatic carbocycles. The molecule has 0 amide bonds. The van der Waals surface area contributed by atoms with Crippen molar-refractivity contribution in [3.63, 3.8) is 0 Å². The first-order valence-corrected chi connectivity index (χ1v) is 9.94. The van der Waals surface area contributed by atoms with Crippen molar-refractivity contribution in [2.45, 2.75) is 116 Å². The van der Waals surface area contributed by atoms with Crippen LogP contribution in [0.3, 0.4) is 0 Å². The summed E-state index contributed by atoms with van der Waals surface area (Å²) in [5.41, 5.74) is 0.731. The SMILES string of the molecule is CCCCCCCCCCCCCC1(CCCCO)CC1. The van der Waals surface area contributed by atoms with E-state index >= 15 is 0 Å². The van der Waals surface area contributed by atoms with E-state index in [1.54, 1.807) is 0 Å². The minimum atomic E-state index is 0.383. The van der Waals surface area contributed by atoms with Gasteiger partial charge in [0.25, 0.3) is 0 Å². The summed E-state index contributed by atoms with van der Waals surface area (Å²) >= 11 is 0. The molecular formula is C20H40O. The van der Waals surface area contributed by atoms with Gasteiger partial charge in [-0.15, -0.1) is 0 Å². The number of hydrogen-bond acceptors (Lipinski definition) is 1. The Bertz CT molecular complexity index is 220. The Morgan fingerprint density at radius 2 is 1.05 bits per heavy atom. The fraction of sp³-hybridized carbons (Fsp3) is 1.00. The van der Waals surface area contributed by atoms with Crippen LogP contribution in [0.2, 0.25) is 0 Å². The average molecular weight is 297 g/mol. The highest BCUT2D eigenvalue weighted by Crippen LogP contribution is 2.53. The molecule has 1 saturated carbocycles. The van der Waals surface area contributed by atoms with Gasteiger partial charge in [-0.25, -0.2) is 0 Å². The lowest BCUT2D eigenvalue weighted by atomic mass is 9.92. The lowest BCUT2D eigenvalue weighted by molar-refractivity contribution is 0.273. The maximum Gasteiger partial charge on any atom is 0.0431 e. The lowest BCUT2D eigenvalue weighted by Crippen LogP contribution is -2.01. The molecule has 0 aliphatic heterocycles. The normalized spacial score (nSPS) is 16.3. The van der Waals surface area contributed by atoms with Gasteiger partial charge >= 0.3 is 0 Å². The Morgan fingerprint density at radius 3 is 1.48 bits per heavy atom. The molecule has 0 spiro atoms. The molecule has 0 atom stereocenters. The van der Waals surface area contributed by atoms with E-state index in [0.717, 1.165) is 11.8 Å². The number of rotatable bonds is 16. The van der Waals surface area contributed by atoms with E-state index in [4.69, 9.17) is 5.11 Å². The molecular weight excluding hydrogens is 256 g/mol. The Labute approximate surface area is 133 Å². The van der Waals surface area contributed by atoms with Crippen LogP contribution in [0, 0.1) is 5.41 Å². The summed E-state index contributed by atoms with van der Waals surface area (Å²) in [5.74, 6) is 0. The molecule has 0 aromatic rings. The highest BCUT2D eigenvalue weighted by molar-refractivity contribution is 4.92. The van der Waals surface area contributed by atoms with Gasteiger partial charge in [0.05, 0.1) is 0 Å². The molecule has 0 unspecified atom stereocenters. The lowest BCUT2D eigenvalue weighted by Gasteiger charge is -2.14. The summed E-state index contributed by atoms with van der Waals surface area (Å²) in [6.07, 6.45) is 24.0. The number of hydrogen-bond donors (Lipinski definition) is 1. The van der Waals surface area contributed by atoms with Crippen LogP contribution >= 0.6 is 0 Å². The van der Waals surface area contributed by atoms with Gasteiger partial charge < -0.3 is 5.11 Å². The Morgan fingerprint density at radius 1 is 0.619 bits per heavy atom. The van der Waals surface area contributed by atoms with Crippen LogP contribution in [0.1, 0.15) is 116 Å². The molecule has 0 saturated heterocycles. The molecule has 1 aliphatic rings. The van der Waals surface area contributed by atoms with Gasteiger partial charge in [0.1, 0.15) is 0 Å². The Balaban J connectivity index is 1.78. The third kappa shape index (κ3) is 10.3. The van der Waals surface area contributed by atoms with Crippen LogP contribution in [0.25, 0.3) is 0 Å². The molecule has 21 heavy (non-hydrogen) atoms. The maximum atomic E-state index is 8.86. The van der Waals surface area contributed by atoms with Gasteiger partial charge in [-0.05, 0) is 37.5 Å². The predicted molar refractivity (Wildman–Crippen MR) is 93.7 cm³/mol. The highest BCUT2D eigenvalue weighted by Gasteiger charge is 2.40. The largest absolute Gasteiger partial charge is 0.396 e. The quantitative estimate of drug-likeness (QED) is 0.317. The monoisotopic (exact) mass is 296 g/mol. The molecule has 1 N–H and O–H groups in total. The molecule has 0 bridgehead atoms. The Kier molecular flexibility index (Phi) is 11.3. The average Bonchev–Trinajstić information content (AvgIpc) is 3.25. The zero-order valence-corrected chi connectivity index (χ0v) is 14.7. The van der Waals surface area contributed by atoms with Crippen LogP contribution in [0.5, 0.6) is 0 Å². The van der Waals surface area contributed by atoms with Crippen molar-refractivity contribution in [1.29, 1.82) is 0 Å². The second-order valence-corrected chi connectivity index (χ2v) is 7.47.